The number of carbonyl (C=O) groups excluding carboxylic acids is 2. The van der Waals surface area contributed by atoms with Crippen molar-refractivity contribution < 1.29 is 19.1 Å². The van der Waals surface area contributed by atoms with Gasteiger partial charge in [0.2, 0.25) is 0 Å². The van der Waals surface area contributed by atoms with Crippen LogP contribution in [-0.2, 0) is 16.1 Å². The molecule has 0 atom stereocenters. The van der Waals surface area contributed by atoms with Crippen LogP contribution in [-0.4, -0.2) is 43.0 Å². The zero-order valence-corrected chi connectivity index (χ0v) is 17.1. The largest absolute Gasteiger partial charge is 0.445 e. The Bertz CT molecular complexity index is 608. The first-order valence-electron chi connectivity index (χ1n) is 9.99. The Morgan fingerprint density at radius 1 is 0.964 bits per heavy atom. The standard InChI is InChI=1S/C21H33N3O4/c1-21(2,3)28-20(26)24-18-11-9-17(10-12-18)22-13-14-23-19(25)27-15-16-7-5-4-6-8-16/h4-8,17-18,22H,9-15H2,1-3H3,(H,23,25)(H,24,26). The molecule has 2 rings (SSSR count). The number of hydrogen-bond donors (Lipinski definition) is 3. The molecule has 1 fully saturated rings. The second kappa shape index (κ2) is 10.9. The van der Waals surface area contributed by atoms with E-state index in [-0.39, 0.29) is 18.7 Å². The number of carbonyl (C=O) groups is 2. The van der Waals surface area contributed by atoms with Gasteiger partial charge in [0.15, 0.2) is 0 Å². The minimum Gasteiger partial charge on any atom is -0.445 e. The maximum Gasteiger partial charge on any atom is 0.407 e. The number of benzene rings is 1. The second-order valence-corrected chi connectivity index (χ2v) is 8.14. The highest BCUT2D eigenvalue weighted by atomic mass is 16.6. The summed E-state index contributed by atoms with van der Waals surface area (Å²) in [7, 11) is 0. The number of alkyl carbamates (subject to hydrolysis) is 2. The third-order valence-corrected chi connectivity index (χ3v) is 4.49. The lowest BCUT2D eigenvalue weighted by atomic mass is 9.91. The van der Waals surface area contributed by atoms with E-state index in [0.717, 1.165) is 31.2 Å². The molecule has 1 aliphatic carbocycles. The summed E-state index contributed by atoms with van der Waals surface area (Å²) in [4.78, 5) is 23.5. The third kappa shape index (κ3) is 9.08. The maximum atomic E-state index is 11.8. The molecule has 2 amide bonds. The molecule has 1 aromatic carbocycles. The molecule has 1 aromatic rings. The van der Waals surface area contributed by atoms with E-state index in [9.17, 15) is 9.59 Å². The molecule has 0 unspecified atom stereocenters. The van der Waals surface area contributed by atoms with Gasteiger partial charge in [0.25, 0.3) is 0 Å². The maximum absolute atomic E-state index is 11.8. The molecule has 0 radical (unpaired) electrons. The van der Waals surface area contributed by atoms with Gasteiger partial charge in [-0.2, -0.15) is 0 Å². The van der Waals surface area contributed by atoms with Crippen LogP contribution in [0.5, 0.6) is 0 Å². The van der Waals surface area contributed by atoms with Crippen molar-refractivity contribution in [1.29, 1.82) is 0 Å². The number of nitrogens with one attached hydrogen (secondary N) is 3. The van der Waals surface area contributed by atoms with Crippen molar-refractivity contribution >= 4 is 12.2 Å². The molecule has 1 saturated carbocycles. The van der Waals surface area contributed by atoms with Crippen LogP contribution in [0.2, 0.25) is 0 Å². The van der Waals surface area contributed by atoms with E-state index >= 15 is 0 Å². The number of rotatable bonds is 7. The molecule has 1 aliphatic rings. The van der Waals surface area contributed by atoms with Crippen LogP contribution in [0.4, 0.5) is 9.59 Å². The van der Waals surface area contributed by atoms with Crippen molar-refractivity contribution in [2.24, 2.45) is 0 Å². The summed E-state index contributed by atoms with van der Waals surface area (Å²) in [6.07, 6.45) is 3.06. The lowest BCUT2D eigenvalue weighted by Crippen LogP contribution is -2.45. The highest BCUT2D eigenvalue weighted by Crippen LogP contribution is 2.19. The normalized spacial score (nSPS) is 19.5. The lowest BCUT2D eigenvalue weighted by molar-refractivity contribution is 0.0490. The summed E-state index contributed by atoms with van der Waals surface area (Å²) in [6, 6.07) is 10.2. The number of hydrogen-bond acceptors (Lipinski definition) is 5. The molecule has 0 spiro atoms. The predicted octanol–water partition coefficient (Wildman–Crippen LogP) is 3.34. The van der Waals surface area contributed by atoms with Gasteiger partial charge >= 0.3 is 12.2 Å². The Kier molecular flexibility index (Phi) is 8.57. The van der Waals surface area contributed by atoms with Gasteiger partial charge in [0.05, 0.1) is 0 Å². The predicted molar refractivity (Wildman–Crippen MR) is 108 cm³/mol. The number of amides is 2. The minimum absolute atomic E-state index is 0.166. The molecule has 0 aromatic heterocycles. The first-order valence-corrected chi connectivity index (χ1v) is 9.99. The Morgan fingerprint density at radius 3 is 2.25 bits per heavy atom. The van der Waals surface area contributed by atoms with Crippen LogP contribution in [0.15, 0.2) is 30.3 Å². The van der Waals surface area contributed by atoms with Crippen LogP contribution in [0.25, 0.3) is 0 Å². The van der Waals surface area contributed by atoms with Crippen molar-refractivity contribution in [2.45, 2.75) is 70.7 Å². The SMILES string of the molecule is CC(C)(C)OC(=O)NC1CCC(NCCNC(=O)OCc2ccccc2)CC1. The van der Waals surface area contributed by atoms with Gasteiger partial charge in [-0.05, 0) is 52.0 Å². The first kappa shape index (κ1) is 22.0. The van der Waals surface area contributed by atoms with E-state index in [1.54, 1.807) is 0 Å². The fourth-order valence-electron chi connectivity index (χ4n) is 3.13. The molecular formula is C21H33N3O4. The van der Waals surface area contributed by atoms with Gasteiger partial charge in [-0.1, -0.05) is 30.3 Å². The topological polar surface area (TPSA) is 88.7 Å². The van der Waals surface area contributed by atoms with Crippen molar-refractivity contribution in [3.63, 3.8) is 0 Å². The van der Waals surface area contributed by atoms with E-state index in [4.69, 9.17) is 9.47 Å². The molecule has 7 nitrogen and oxygen atoms in total. The molecule has 28 heavy (non-hydrogen) atoms. The van der Waals surface area contributed by atoms with Gasteiger partial charge in [-0.25, -0.2) is 9.59 Å². The van der Waals surface area contributed by atoms with Crippen molar-refractivity contribution in [3.05, 3.63) is 35.9 Å². The lowest BCUT2D eigenvalue weighted by Gasteiger charge is -2.30. The van der Waals surface area contributed by atoms with Gasteiger partial charge in [0, 0.05) is 25.2 Å². The fourth-order valence-corrected chi connectivity index (χ4v) is 3.13. The van der Waals surface area contributed by atoms with Crippen molar-refractivity contribution in [3.8, 4) is 0 Å². The minimum atomic E-state index is -0.474. The van der Waals surface area contributed by atoms with Crippen LogP contribution in [0.1, 0.15) is 52.0 Å². The van der Waals surface area contributed by atoms with E-state index in [0.29, 0.717) is 19.1 Å². The van der Waals surface area contributed by atoms with E-state index < -0.39 is 11.7 Å². The van der Waals surface area contributed by atoms with E-state index in [1.165, 1.54) is 0 Å². The quantitative estimate of drug-likeness (QED) is 0.621. The fraction of sp³-hybridized carbons (Fsp3) is 0.619. The van der Waals surface area contributed by atoms with Crippen molar-refractivity contribution in [2.75, 3.05) is 13.1 Å². The van der Waals surface area contributed by atoms with Crippen molar-refractivity contribution in [1.82, 2.24) is 16.0 Å². The summed E-state index contributed by atoms with van der Waals surface area (Å²) in [5.41, 5.74) is 0.491. The smallest absolute Gasteiger partial charge is 0.407 e. The van der Waals surface area contributed by atoms with Gasteiger partial charge in [0.1, 0.15) is 12.2 Å². The highest BCUT2D eigenvalue weighted by molar-refractivity contribution is 5.68. The molecule has 0 bridgehead atoms. The summed E-state index contributed by atoms with van der Waals surface area (Å²) in [6.45, 7) is 7.06. The van der Waals surface area contributed by atoms with Crippen LogP contribution < -0.4 is 16.0 Å². The van der Waals surface area contributed by atoms with E-state index in [2.05, 4.69) is 16.0 Å². The molecule has 3 N–H and O–H groups in total. The number of ether oxygens (including phenoxy) is 2. The second-order valence-electron chi connectivity index (χ2n) is 8.14. The van der Waals surface area contributed by atoms with Gasteiger partial charge in [-0.15, -0.1) is 0 Å². The summed E-state index contributed by atoms with van der Waals surface area (Å²) in [5.74, 6) is 0. The molecule has 7 heteroatoms. The molecule has 0 heterocycles. The highest BCUT2D eigenvalue weighted by Gasteiger charge is 2.24. The van der Waals surface area contributed by atoms with Crippen LogP contribution >= 0.6 is 0 Å². The average molecular weight is 392 g/mol. The Morgan fingerprint density at radius 2 is 1.61 bits per heavy atom. The van der Waals surface area contributed by atoms with Gasteiger partial charge < -0.3 is 25.4 Å². The Labute approximate surface area is 167 Å². The van der Waals surface area contributed by atoms with E-state index in [1.807, 2.05) is 51.1 Å². The third-order valence-electron chi connectivity index (χ3n) is 4.49. The van der Waals surface area contributed by atoms with Gasteiger partial charge in [-0.3, -0.25) is 0 Å². The Hall–Kier alpha value is -2.28. The Balaban J connectivity index is 1.51. The zero-order valence-electron chi connectivity index (χ0n) is 17.1. The average Bonchev–Trinajstić information content (AvgIpc) is 2.64. The zero-order chi connectivity index (χ0) is 20.4. The van der Waals surface area contributed by atoms with Crippen LogP contribution in [0.3, 0.4) is 0 Å². The molecule has 0 aliphatic heterocycles. The first-order chi connectivity index (χ1) is 13.3. The molecule has 156 valence electrons. The summed E-state index contributed by atoms with van der Waals surface area (Å²) >= 11 is 0. The van der Waals surface area contributed by atoms with Crippen LogP contribution in [0, 0.1) is 0 Å². The monoisotopic (exact) mass is 391 g/mol. The molecule has 0 saturated heterocycles. The summed E-state index contributed by atoms with van der Waals surface area (Å²) < 4.78 is 10.5. The molecular weight excluding hydrogens is 358 g/mol. The summed E-state index contributed by atoms with van der Waals surface area (Å²) in [5, 5.41) is 9.14.